The van der Waals surface area contributed by atoms with Gasteiger partial charge in [-0.2, -0.15) is 4.57 Å². The molecule has 1 nitrogen and oxygen atoms in total. The van der Waals surface area contributed by atoms with Crippen LogP contribution in [0, 0.1) is 6.92 Å². The van der Waals surface area contributed by atoms with Crippen molar-refractivity contribution in [2.24, 2.45) is 0 Å². The Hall–Kier alpha value is -2.41. The molecule has 0 N–H and O–H groups in total. The number of benzene rings is 2. The van der Waals surface area contributed by atoms with Crippen molar-refractivity contribution in [3.05, 3.63) is 78.0 Å². The Morgan fingerprint density at radius 2 is 1.71 bits per heavy atom. The zero-order valence-corrected chi connectivity index (χ0v) is 12.4. The molecule has 0 radical (unpaired) electrons. The second-order valence-corrected chi connectivity index (χ2v) is 5.84. The van der Waals surface area contributed by atoms with Crippen molar-refractivity contribution in [3.63, 3.8) is 0 Å². The Balaban J connectivity index is 1.87. The van der Waals surface area contributed by atoms with Crippen LogP contribution < -0.4 is 4.57 Å². The van der Waals surface area contributed by atoms with Gasteiger partial charge in [-0.25, -0.2) is 0 Å². The molecule has 21 heavy (non-hydrogen) atoms. The molecule has 1 heteroatoms. The van der Waals surface area contributed by atoms with E-state index in [0.29, 0.717) is 6.04 Å². The zero-order valence-electron chi connectivity index (χ0n) is 12.4. The third-order valence-electron chi connectivity index (χ3n) is 4.44. The highest BCUT2D eigenvalue weighted by Gasteiger charge is 2.32. The smallest absolute Gasteiger partial charge is 0.191 e. The van der Waals surface area contributed by atoms with Gasteiger partial charge in [0.05, 0.1) is 5.56 Å². The van der Waals surface area contributed by atoms with E-state index in [1.807, 2.05) is 0 Å². The van der Waals surface area contributed by atoms with Gasteiger partial charge in [0.15, 0.2) is 12.2 Å². The van der Waals surface area contributed by atoms with Crippen molar-refractivity contribution in [1.29, 1.82) is 0 Å². The molecule has 1 unspecified atom stereocenters. The van der Waals surface area contributed by atoms with Crippen LogP contribution in [0.3, 0.4) is 0 Å². The molecule has 102 valence electrons. The van der Waals surface area contributed by atoms with Gasteiger partial charge in [-0.15, -0.1) is 0 Å². The maximum absolute atomic E-state index is 2.35. The molecule has 2 aromatic carbocycles. The van der Waals surface area contributed by atoms with E-state index in [2.05, 4.69) is 85.3 Å². The van der Waals surface area contributed by atoms with Crippen LogP contribution in [0.2, 0.25) is 0 Å². The van der Waals surface area contributed by atoms with Crippen molar-refractivity contribution in [3.8, 4) is 22.4 Å². The quantitative estimate of drug-likeness (QED) is 0.573. The van der Waals surface area contributed by atoms with Gasteiger partial charge in [-0.1, -0.05) is 35.9 Å². The molecule has 0 bridgehead atoms. The van der Waals surface area contributed by atoms with Crippen molar-refractivity contribution in [2.45, 2.75) is 19.9 Å². The standard InChI is InChI=1S/C20H18N/c1-14-6-5-7-16(12-14)17-9-10-18-19(13-17)15(2)21-11-4-3-8-20(18)21/h3-13,15H,1-2H3/q+1. The Morgan fingerprint density at radius 3 is 2.57 bits per heavy atom. The molecule has 0 saturated carbocycles. The molecular formula is C20H18N+. The second kappa shape index (κ2) is 4.56. The topological polar surface area (TPSA) is 3.88 Å². The first-order valence-corrected chi connectivity index (χ1v) is 7.45. The summed E-state index contributed by atoms with van der Waals surface area (Å²) < 4.78 is 2.35. The highest BCUT2D eigenvalue weighted by molar-refractivity contribution is 5.73. The summed E-state index contributed by atoms with van der Waals surface area (Å²) >= 11 is 0. The number of aromatic nitrogens is 1. The van der Waals surface area contributed by atoms with E-state index >= 15 is 0 Å². The van der Waals surface area contributed by atoms with Gasteiger partial charge in [0, 0.05) is 24.6 Å². The fourth-order valence-electron chi connectivity index (χ4n) is 3.32. The van der Waals surface area contributed by atoms with E-state index in [1.54, 1.807) is 0 Å². The predicted octanol–water partition coefficient (Wildman–Crippen LogP) is 4.54. The highest BCUT2D eigenvalue weighted by atomic mass is 15.0. The average molecular weight is 272 g/mol. The first kappa shape index (κ1) is 12.3. The molecule has 2 heterocycles. The first-order chi connectivity index (χ1) is 10.2. The van der Waals surface area contributed by atoms with Crippen molar-refractivity contribution in [1.82, 2.24) is 0 Å². The summed E-state index contributed by atoms with van der Waals surface area (Å²) in [6.07, 6.45) is 2.17. The minimum absolute atomic E-state index is 0.404. The Kier molecular flexibility index (Phi) is 2.68. The molecular weight excluding hydrogens is 254 g/mol. The van der Waals surface area contributed by atoms with Crippen LogP contribution in [0.1, 0.15) is 24.1 Å². The van der Waals surface area contributed by atoms with Crippen molar-refractivity contribution in [2.75, 3.05) is 0 Å². The molecule has 0 spiro atoms. The third-order valence-corrected chi connectivity index (χ3v) is 4.44. The number of nitrogens with zero attached hydrogens (tertiary/aromatic N) is 1. The molecule has 1 aliphatic heterocycles. The molecule has 0 saturated heterocycles. The lowest BCUT2D eigenvalue weighted by Gasteiger charge is -2.06. The van der Waals surface area contributed by atoms with Crippen LogP contribution in [0.25, 0.3) is 22.4 Å². The van der Waals surface area contributed by atoms with Crippen molar-refractivity contribution < 1.29 is 4.57 Å². The van der Waals surface area contributed by atoms with Gasteiger partial charge in [0.2, 0.25) is 5.69 Å². The van der Waals surface area contributed by atoms with E-state index in [4.69, 9.17) is 0 Å². The Labute approximate surface area is 125 Å². The molecule has 1 atom stereocenters. The minimum atomic E-state index is 0.404. The van der Waals surface area contributed by atoms with Crippen molar-refractivity contribution >= 4 is 0 Å². The first-order valence-electron chi connectivity index (χ1n) is 7.45. The zero-order chi connectivity index (χ0) is 14.4. The Bertz CT molecular complexity index is 833. The van der Waals surface area contributed by atoms with Crippen LogP contribution in [-0.4, -0.2) is 0 Å². The molecule has 1 aliphatic rings. The molecule has 1 aromatic heterocycles. The molecule has 4 rings (SSSR count). The van der Waals surface area contributed by atoms with Crippen LogP contribution in [-0.2, 0) is 0 Å². The molecule has 0 amide bonds. The summed E-state index contributed by atoms with van der Waals surface area (Å²) in [5, 5.41) is 0. The molecule has 0 aliphatic carbocycles. The van der Waals surface area contributed by atoms with E-state index in [-0.39, 0.29) is 0 Å². The number of hydrogen-bond donors (Lipinski definition) is 0. The number of aryl methyl sites for hydroxylation is 1. The average Bonchev–Trinajstić information content (AvgIpc) is 2.81. The summed E-state index contributed by atoms with van der Waals surface area (Å²) in [6.45, 7) is 4.42. The van der Waals surface area contributed by atoms with E-state index < -0.39 is 0 Å². The molecule has 0 fully saturated rings. The highest BCUT2D eigenvalue weighted by Crippen LogP contribution is 2.35. The Morgan fingerprint density at radius 1 is 0.857 bits per heavy atom. The monoisotopic (exact) mass is 272 g/mol. The molecule has 3 aromatic rings. The van der Waals surface area contributed by atoms with E-state index in [0.717, 1.165) is 0 Å². The second-order valence-electron chi connectivity index (χ2n) is 5.84. The van der Waals surface area contributed by atoms with Gasteiger partial charge in [-0.05, 0) is 36.2 Å². The summed E-state index contributed by atoms with van der Waals surface area (Å²) in [5.74, 6) is 0. The minimum Gasteiger partial charge on any atom is -0.191 e. The third kappa shape index (κ3) is 1.89. The van der Waals surface area contributed by atoms with Crippen LogP contribution in [0.5, 0.6) is 0 Å². The van der Waals surface area contributed by atoms with Gasteiger partial charge in [0.25, 0.3) is 0 Å². The number of fused-ring (bicyclic) bond motifs is 3. The lowest BCUT2D eigenvalue weighted by atomic mass is 9.96. The van der Waals surface area contributed by atoms with Gasteiger partial charge in [-0.3, -0.25) is 0 Å². The largest absolute Gasteiger partial charge is 0.213 e. The lowest BCUT2D eigenvalue weighted by molar-refractivity contribution is -0.694. The number of rotatable bonds is 1. The SMILES string of the molecule is Cc1cccc(-c2ccc3c(c2)C(C)[n+]2ccccc2-3)c1. The van der Waals surface area contributed by atoms with Crippen LogP contribution in [0.15, 0.2) is 66.9 Å². The fourth-order valence-corrected chi connectivity index (χ4v) is 3.32. The fraction of sp³-hybridized carbons (Fsp3) is 0.150. The maximum atomic E-state index is 2.35. The summed E-state index contributed by atoms with van der Waals surface area (Å²) in [6, 6.07) is 22.4. The predicted molar refractivity (Wildman–Crippen MR) is 86.1 cm³/mol. The van der Waals surface area contributed by atoms with E-state index in [9.17, 15) is 0 Å². The summed E-state index contributed by atoms with van der Waals surface area (Å²) in [4.78, 5) is 0. The van der Waals surface area contributed by atoms with Gasteiger partial charge in [0.1, 0.15) is 0 Å². The van der Waals surface area contributed by atoms with Crippen LogP contribution >= 0.6 is 0 Å². The number of pyridine rings is 1. The normalized spacial score (nSPS) is 15.6. The summed E-state index contributed by atoms with van der Waals surface area (Å²) in [5.41, 5.74) is 8.00. The van der Waals surface area contributed by atoms with Gasteiger partial charge >= 0.3 is 0 Å². The number of hydrogen-bond acceptors (Lipinski definition) is 0. The van der Waals surface area contributed by atoms with E-state index in [1.165, 1.54) is 33.5 Å². The van der Waals surface area contributed by atoms with Crippen LogP contribution in [0.4, 0.5) is 0 Å². The van der Waals surface area contributed by atoms with Gasteiger partial charge < -0.3 is 0 Å². The maximum Gasteiger partial charge on any atom is 0.213 e. The summed E-state index contributed by atoms with van der Waals surface area (Å²) in [7, 11) is 0. The lowest BCUT2D eigenvalue weighted by Crippen LogP contribution is -2.35.